The Bertz CT molecular complexity index is 905. The summed E-state index contributed by atoms with van der Waals surface area (Å²) in [5.41, 5.74) is 1.58. The van der Waals surface area contributed by atoms with Crippen molar-refractivity contribution in [2.75, 3.05) is 11.9 Å². The highest BCUT2D eigenvalue weighted by Gasteiger charge is 2.20. The summed E-state index contributed by atoms with van der Waals surface area (Å²) in [6.45, 7) is 1.63. The largest absolute Gasteiger partial charge is 0.455 e. The molecule has 1 amide bonds. The van der Waals surface area contributed by atoms with Gasteiger partial charge in [0.05, 0.1) is 5.92 Å². The van der Waals surface area contributed by atoms with Gasteiger partial charge in [-0.15, -0.1) is 0 Å². The van der Waals surface area contributed by atoms with E-state index in [1.165, 1.54) is 0 Å². The van der Waals surface area contributed by atoms with E-state index in [-0.39, 0.29) is 24.4 Å². The molecule has 0 saturated carbocycles. The van der Waals surface area contributed by atoms with Gasteiger partial charge in [0, 0.05) is 5.69 Å². The van der Waals surface area contributed by atoms with Gasteiger partial charge < -0.3 is 10.1 Å². The lowest BCUT2D eigenvalue weighted by atomic mass is 9.97. The minimum atomic E-state index is -0.382. The number of nitrogens with one attached hydrogen (secondary N) is 1. The van der Waals surface area contributed by atoms with E-state index in [2.05, 4.69) is 5.32 Å². The van der Waals surface area contributed by atoms with E-state index in [4.69, 9.17) is 4.74 Å². The number of anilines is 1. The Morgan fingerprint density at radius 1 is 0.923 bits per heavy atom. The van der Waals surface area contributed by atoms with Crippen molar-refractivity contribution in [3.8, 4) is 0 Å². The molecule has 4 heteroatoms. The fourth-order valence-electron chi connectivity index (χ4n) is 2.93. The van der Waals surface area contributed by atoms with Crippen LogP contribution in [0.4, 0.5) is 5.69 Å². The summed E-state index contributed by atoms with van der Waals surface area (Å²) >= 11 is 0. The quantitative estimate of drug-likeness (QED) is 0.667. The molecular formula is C22H21NO3. The van der Waals surface area contributed by atoms with Crippen LogP contribution >= 0.6 is 0 Å². The second-order valence-corrected chi connectivity index (χ2v) is 6.09. The van der Waals surface area contributed by atoms with Crippen molar-refractivity contribution in [3.63, 3.8) is 0 Å². The average Bonchev–Trinajstić information content (AvgIpc) is 2.68. The molecule has 0 aliphatic heterocycles. The second-order valence-electron chi connectivity index (χ2n) is 6.09. The third-order valence-corrected chi connectivity index (χ3v) is 4.27. The van der Waals surface area contributed by atoms with E-state index >= 15 is 0 Å². The van der Waals surface area contributed by atoms with Gasteiger partial charge in [0.1, 0.15) is 0 Å². The lowest BCUT2D eigenvalue weighted by molar-refractivity contribution is -0.149. The van der Waals surface area contributed by atoms with Crippen LogP contribution in [0, 0.1) is 0 Å². The van der Waals surface area contributed by atoms with Crippen LogP contribution in [0.15, 0.2) is 72.8 Å². The van der Waals surface area contributed by atoms with Crippen molar-refractivity contribution >= 4 is 28.3 Å². The average molecular weight is 347 g/mol. The van der Waals surface area contributed by atoms with Crippen LogP contribution in [0.3, 0.4) is 0 Å². The zero-order chi connectivity index (χ0) is 18.4. The first-order valence-corrected chi connectivity index (χ1v) is 8.67. The van der Waals surface area contributed by atoms with Crippen molar-refractivity contribution in [2.24, 2.45) is 0 Å². The van der Waals surface area contributed by atoms with Gasteiger partial charge in [0.25, 0.3) is 5.91 Å². The van der Waals surface area contributed by atoms with Crippen molar-refractivity contribution in [3.05, 3.63) is 78.4 Å². The van der Waals surface area contributed by atoms with Gasteiger partial charge >= 0.3 is 5.97 Å². The van der Waals surface area contributed by atoms with Gasteiger partial charge in [-0.05, 0) is 34.9 Å². The van der Waals surface area contributed by atoms with E-state index in [1.807, 2.05) is 79.7 Å². The van der Waals surface area contributed by atoms with Gasteiger partial charge in [0.15, 0.2) is 6.61 Å². The Morgan fingerprint density at radius 3 is 2.35 bits per heavy atom. The van der Waals surface area contributed by atoms with Gasteiger partial charge in [-0.3, -0.25) is 9.59 Å². The fraction of sp³-hybridized carbons (Fsp3) is 0.182. The first kappa shape index (κ1) is 17.7. The highest BCUT2D eigenvalue weighted by Crippen LogP contribution is 2.21. The zero-order valence-electron chi connectivity index (χ0n) is 14.6. The molecule has 0 saturated heterocycles. The fourth-order valence-corrected chi connectivity index (χ4v) is 2.93. The summed E-state index contributed by atoms with van der Waals surface area (Å²) in [5.74, 6) is -1.09. The topological polar surface area (TPSA) is 55.4 Å². The molecule has 3 rings (SSSR count). The number of ether oxygens (including phenoxy) is 1. The molecule has 4 nitrogen and oxygen atoms in total. The van der Waals surface area contributed by atoms with Crippen LogP contribution in [0.5, 0.6) is 0 Å². The normalized spacial score (nSPS) is 11.7. The Balaban J connectivity index is 1.58. The molecule has 26 heavy (non-hydrogen) atoms. The van der Waals surface area contributed by atoms with Crippen molar-refractivity contribution in [1.82, 2.24) is 0 Å². The maximum Gasteiger partial charge on any atom is 0.313 e. The number of benzene rings is 3. The van der Waals surface area contributed by atoms with Crippen molar-refractivity contribution in [2.45, 2.75) is 19.3 Å². The first-order valence-electron chi connectivity index (χ1n) is 8.67. The molecule has 0 heterocycles. The van der Waals surface area contributed by atoms with E-state index < -0.39 is 0 Å². The van der Waals surface area contributed by atoms with Crippen LogP contribution in [0.2, 0.25) is 0 Å². The second kappa shape index (κ2) is 8.30. The number of hydrogen-bond donors (Lipinski definition) is 1. The van der Waals surface area contributed by atoms with E-state index in [9.17, 15) is 9.59 Å². The molecule has 0 aromatic heterocycles. The number of amides is 1. The first-order chi connectivity index (χ1) is 12.7. The molecule has 0 unspecified atom stereocenters. The lowest BCUT2D eigenvalue weighted by Crippen LogP contribution is -2.23. The minimum absolute atomic E-state index is 0.297. The summed E-state index contributed by atoms with van der Waals surface area (Å²) in [6, 6.07) is 23.0. The molecule has 0 fully saturated rings. The number of carbonyl (C=O) groups excluding carboxylic acids is 2. The number of rotatable bonds is 6. The predicted molar refractivity (Wildman–Crippen MR) is 103 cm³/mol. The smallest absolute Gasteiger partial charge is 0.313 e. The van der Waals surface area contributed by atoms with E-state index in [0.29, 0.717) is 12.1 Å². The predicted octanol–water partition coefficient (Wildman–Crippen LogP) is 4.52. The SMILES string of the molecule is CC[C@@H](C(=O)OCC(=O)Nc1ccc2ccccc2c1)c1ccccc1. The van der Waals surface area contributed by atoms with Crippen molar-refractivity contribution in [1.29, 1.82) is 0 Å². The number of esters is 1. The maximum absolute atomic E-state index is 12.3. The van der Waals surface area contributed by atoms with Crippen LogP contribution in [-0.2, 0) is 14.3 Å². The van der Waals surface area contributed by atoms with Crippen LogP contribution in [0.1, 0.15) is 24.8 Å². The van der Waals surface area contributed by atoms with Gasteiger partial charge in [-0.25, -0.2) is 0 Å². The Labute approximate surface area is 152 Å². The van der Waals surface area contributed by atoms with Crippen LogP contribution < -0.4 is 5.32 Å². The molecular weight excluding hydrogens is 326 g/mol. The van der Waals surface area contributed by atoms with E-state index in [1.54, 1.807) is 0 Å². The molecule has 1 N–H and O–H groups in total. The van der Waals surface area contributed by atoms with Crippen LogP contribution in [0.25, 0.3) is 10.8 Å². The zero-order valence-corrected chi connectivity index (χ0v) is 14.6. The summed E-state index contributed by atoms with van der Waals surface area (Å²) in [4.78, 5) is 24.4. The summed E-state index contributed by atoms with van der Waals surface area (Å²) in [6.07, 6.45) is 0.620. The molecule has 0 spiro atoms. The Hall–Kier alpha value is -3.14. The molecule has 0 radical (unpaired) electrons. The summed E-state index contributed by atoms with van der Waals surface area (Å²) in [7, 11) is 0. The molecule has 0 aliphatic carbocycles. The van der Waals surface area contributed by atoms with E-state index in [0.717, 1.165) is 16.3 Å². The molecule has 1 atom stereocenters. The Kier molecular flexibility index (Phi) is 5.64. The molecule has 132 valence electrons. The Morgan fingerprint density at radius 2 is 1.62 bits per heavy atom. The lowest BCUT2D eigenvalue weighted by Gasteiger charge is -2.14. The van der Waals surface area contributed by atoms with Gasteiger partial charge in [-0.1, -0.05) is 67.6 Å². The summed E-state index contributed by atoms with van der Waals surface area (Å²) in [5, 5.41) is 4.91. The highest BCUT2D eigenvalue weighted by atomic mass is 16.5. The molecule has 3 aromatic rings. The molecule has 0 aliphatic rings. The molecule has 0 bridgehead atoms. The van der Waals surface area contributed by atoms with Crippen molar-refractivity contribution < 1.29 is 14.3 Å². The molecule has 3 aromatic carbocycles. The van der Waals surface area contributed by atoms with Crippen LogP contribution in [-0.4, -0.2) is 18.5 Å². The summed E-state index contributed by atoms with van der Waals surface area (Å²) < 4.78 is 5.22. The minimum Gasteiger partial charge on any atom is -0.455 e. The standard InChI is InChI=1S/C22H21NO3/c1-2-20(17-9-4-3-5-10-17)22(25)26-15-21(24)23-19-13-12-16-8-6-7-11-18(16)14-19/h3-14,20H,2,15H2,1H3,(H,23,24)/t20-/m1/s1. The monoisotopic (exact) mass is 347 g/mol. The third-order valence-electron chi connectivity index (χ3n) is 4.27. The highest BCUT2D eigenvalue weighted by molar-refractivity contribution is 5.96. The number of carbonyl (C=O) groups is 2. The third kappa shape index (κ3) is 4.28. The van der Waals surface area contributed by atoms with Gasteiger partial charge in [0.2, 0.25) is 0 Å². The number of fused-ring (bicyclic) bond motifs is 1. The maximum atomic E-state index is 12.3. The van der Waals surface area contributed by atoms with Gasteiger partial charge in [-0.2, -0.15) is 0 Å². The number of hydrogen-bond acceptors (Lipinski definition) is 3.